The minimum absolute atomic E-state index is 0.127. The monoisotopic (exact) mass is 269 g/mol. The zero-order valence-corrected chi connectivity index (χ0v) is 11.2. The van der Waals surface area contributed by atoms with E-state index in [1.54, 1.807) is 12.1 Å². The second-order valence-corrected chi connectivity index (χ2v) is 4.37. The van der Waals surface area contributed by atoms with Gasteiger partial charge in [-0.15, -0.1) is 0 Å². The Morgan fingerprint density at radius 1 is 1.28 bits per heavy atom. The van der Waals surface area contributed by atoms with Crippen LogP contribution in [-0.4, -0.2) is 18.5 Å². The highest BCUT2D eigenvalue weighted by Gasteiger charge is 2.13. The van der Waals surface area contributed by atoms with Crippen LogP contribution in [-0.2, 0) is 14.3 Å². The van der Waals surface area contributed by atoms with Crippen LogP contribution in [0.1, 0.15) is 31.9 Å². The third kappa shape index (κ3) is 5.19. The summed E-state index contributed by atoms with van der Waals surface area (Å²) in [6.45, 7) is 3.08. The summed E-state index contributed by atoms with van der Waals surface area (Å²) in [6.07, 6.45) is 0.529. The predicted octanol–water partition coefficient (Wildman–Crippen LogP) is 2.47. The molecule has 5 heteroatoms. The molecule has 1 unspecified atom stereocenters. The van der Waals surface area contributed by atoms with E-state index < -0.39 is 0 Å². The molecule has 1 rings (SSSR count). The first-order valence-corrected chi connectivity index (χ1v) is 6.02. The summed E-state index contributed by atoms with van der Waals surface area (Å²) in [7, 11) is 0. The molecule has 0 saturated heterocycles. The lowest BCUT2D eigenvalue weighted by atomic mass is 10.0. The van der Waals surface area contributed by atoms with Crippen LogP contribution < -0.4 is 5.32 Å². The van der Waals surface area contributed by atoms with Crippen molar-refractivity contribution in [3.8, 4) is 0 Å². The van der Waals surface area contributed by atoms with Crippen LogP contribution in [0.25, 0.3) is 0 Å². The first-order valence-electron chi connectivity index (χ1n) is 5.65. The van der Waals surface area contributed by atoms with Crippen LogP contribution in [0.4, 0.5) is 0 Å². The predicted molar refractivity (Wildman–Crippen MR) is 69.3 cm³/mol. The number of nitrogens with one attached hydrogen (secondary N) is 1. The highest BCUT2D eigenvalue weighted by molar-refractivity contribution is 6.30. The number of ether oxygens (including phenoxy) is 1. The quantitative estimate of drug-likeness (QED) is 0.836. The van der Waals surface area contributed by atoms with Crippen LogP contribution in [0.3, 0.4) is 0 Å². The third-order valence-corrected chi connectivity index (χ3v) is 2.61. The molecule has 1 aromatic rings. The average Bonchev–Trinajstić information content (AvgIpc) is 2.28. The topological polar surface area (TPSA) is 55.4 Å². The van der Waals surface area contributed by atoms with Gasteiger partial charge in [0.2, 0.25) is 5.91 Å². The minimum atomic E-state index is -0.326. The fraction of sp³-hybridized carbons (Fsp3) is 0.385. The van der Waals surface area contributed by atoms with Crippen molar-refractivity contribution in [2.45, 2.75) is 26.3 Å². The van der Waals surface area contributed by atoms with Crippen molar-refractivity contribution in [2.24, 2.45) is 0 Å². The molecule has 1 amide bonds. The zero-order chi connectivity index (χ0) is 13.5. The fourth-order valence-electron chi connectivity index (χ4n) is 1.58. The van der Waals surface area contributed by atoms with Gasteiger partial charge in [-0.1, -0.05) is 23.7 Å². The Kier molecular flexibility index (Phi) is 5.65. The van der Waals surface area contributed by atoms with E-state index >= 15 is 0 Å². The third-order valence-electron chi connectivity index (χ3n) is 2.36. The van der Waals surface area contributed by atoms with Crippen LogP contribution in [0.2, 0.25) is 5.02 Å². The molecule has 0 spiro atoms. The van der Waals surface area contributed by atoms with E-state index in [-0.39, 0.29) is 24.5 Å². The number of hydrogen-bond acceptors (Lipinski definition) is 3. The molecule has 1 aromatic carbocycles. The van der Waals surface area contributed by atoms with Gasteiger partial charge in [0.25, 0.3) is 0 Å². The van der Waals surface area contributed by atoms with Crippen LogP contribution in [0.15, 0.2) is 24.3 Å². The number of benzene rings is 1. The number of amides is 1. The normalized spacial score (nSPS) is 11.7. The lowest BCUT2D eigenvalue weighted by molar-refractivity contribution is -0.141. The van der Waals surface area contributed by atoms with E-state index in [1.807, 2.05) is 12.1 Å². The molecule has 0 aliphatic heterocycles. The van der Waals surface area contributed by atoms with Crippen LogP contribution in [0.5, 0.6) is 0 Å². The molecule has 0 aromatic heterocycles. The van der Waals surface area contributed by atoms with Gasteiger partial charge in [-0.2, -0.15) is 0 Å². The molecule has 98 valence electrons. The molecule has 4 nitrogen and oxygen atoms in total. The highest BCUT2D eigenvalue weighted by Crippen LogP contribution is 2.19. The van der Waals surface area contributed by atoms with Gasteiger partial charge >= 0.3 is 5.97 Å². The van der Waals surface area contributed by atoms with Crippen molar-refractivity contribution in [1.82, 2.24) is 5.32 Å². The number of carbonyl (C=O) groups excluding carboxylic acids is 2. The van der Waals surface area contributed by atoms with Gasteiger partial charge in [-0.25, -0.2) is 0 Å². The number of rotatable bonds is 5. The molecule has 0 aliphatic rings. The second kappa shape index (κ2) is 7.01. The molecule has 0 bridgehead atoms. The van der Waals surface area contributed by atoms with Gasteiger partial charge in [0.15, 0.2) is 0 Å². The van der Waals surface area contributed by atoms with Crippen molar-refractivity contribution < 1.29 is 14.3 Å². The van der Waals surface area contributed by atoms with Crippen molar-refractivity contribution in [3.63, 3.8) is 0 Å². The molecule has 0 aliphatic carbocycles. The summed E-state index contributed by atoms with van der Waals surface area (Å²) < 4.78 is 4.88. The fourth-order valence-corrected chi connectivity index (χ4v) is 1.71. The van der Waals surface area contributed by atoms with E-state index in [1.165, 1.54) is 13.8 Å². The lowest BCUT2D eigenvalue weighted by Gasteiger charge is -2.18. The Bertz CT molecular complexity index is 417. The van der Waals surface area contributed by atoms with E-state index in [2.05, 4.69) is 5.32 Å². The van der Waals surface area contributed by atoms with Gasteiger partial charge in [-0.3, -0.25) is 9.59 Å². The Morgan fingerprint density at radius 2 is 1.89 bits per heavy atom. The molecule has 18 heavy (non-hydrogen) atoms. The lowest BCUT2D eigenvalue weighted by Crippen LogP contribution is -2.27. The van der Waals surface area contributed by atoms with Gasteiger partial charge in [0.1, 0.15) is 0 Å². The maximum atomic E-state index is 11.1. The average molecular weight is 270 g/mol. The van der Waals surface area contributed by atoms with Gasteiger partial charge in [0.05, 0.1) is 12.6 Å². The Balaban J connectivity index is 2.68. The Hall–Kier alpha value is -1.55. The zero-order valence-electron chi connectivity index (χ0n) is 10.4. The molecule has 1 N–H and O–H groups in total. The number of carbonyl (C=O) groups is 2. The van der Waals surface area contributed by atoms with Crippen molar-refractivity contribution in [1.29, 1.82) is 0 Å². The molecule has 0 heterocycles. The SMILES string of the molecule is CC(=O)NC(CCOC(C)=O)c1ccc(Cl)cc1. The summed E-state index contributed by atoms with van der Waals surface area (Å²) in [6, 6.07) is 7.03. The molecule has 0 radical (unpaired) electrons. The summed E-state index contributed by atoms with van der Waals surface area (Å²) in [5.41, 5.74) is 0.932. The van der Waals surface area contributed by atoms with E-state index in [0.29, 0.717) is 11.4 Å². The number of esters is 1. The Labute approximate surface area is 111 Å². The highest BCUT2D eigenvalue weighted by atomic mass is 35.5. The molecule has 1 atom stereocenters. The van der Waals surface area contributed by atoms with Crippen LogP contribution in [0, 0.1) is 0 Å². The van der Waals surface area contributed by atoms with Crippen molar-refractivity contribution in [3.05, 3.63) is 34.9 Å². The Morgan fingerprint density at radius 3 is 2.39 bits per heavy atom. The van der Waals surface area contributed by atoms with Crippen LogP contribution >= 0.6 is 11.6 Å². The van der Waals surface area contributed by atoms with Crippen molar-refractivity contribution >= 4 is 23.5 Å². The van der Waals surface area contributed by atoms with E-state index in [9.17, 15) is 9.59 Å². The van der Waals surface area contributed by atoms with Gasteiger partial charge in [0, 0.05) is 25.3 Å². The van der Waals surface area contributed by atoms with E-state index in [4.69, 9.17) is 16.3 Å². The molecule has 0 saturated carbocycles. The molecular weight excluding hydrogens is 254 g/mol. The number of hydrogen-bond donors (Lipinski definition) is 1. The summed E-state index contributed by atoms with van der Waals surface area (Å²) >= 11 is 5.81. The van der Waals surface area contributed by atoms with Crippen molar-refractivity contribution in [2.75, 3.05) is 6.61 Å². The summed E-state index contributed by atoms with van der Waals surface area (Å²) in [5.74, 6) is -0.453. The molecular formula is C13H16ClNO3. The smallest absolute Gasteiger partial charge is 0.302 e. The minimum Gasteiger partial charge on any atom is -0.466 e. The maximum Gasteiger partial charge on any atom is 0.302 e. The summed E-state index contributed by atoms with van der Waals surface area (Å²) in [4.78, 5) is 21.8. The number of halogens is 1. The first-order chi connectivity index (χ1) is 8.49. The van der Waals surface area contributed by atoms with E-state index in [0.717, 1.165) is 5.56 Å². The summed E-state index contributed by atoms with van der Waals surface area (Å²) in [5, 5.41) is 3.46. The first kappa shape index (κ1) is 14.5. The molecule has 0 fully saturated rings. The van der Waals surface area contributed by atoms with Gasteiger partial charge < -0.3 is 10.1 Å². The standard InChI is InChI=1S/C13H16ClNO3/c1-9(16)15-13(7-8-18-10(2)17)11-3-5-12(14)6-4-11/h3-6,13H,7-8H2,1-2H3,(H,15,16). The maximum absolute atomic E-state index is 11.1. The largest absolute Gasteiger partial charge is 0.466 e. The second-order valence-electron chi connectivity index (χ2n) is 3.93. The van der Waals surface area contributed by atoms with Gasteiger partial charge in [-0.05, 0) is 17.7 Å².